The van der Waals surface area contributed by atoms with Crippen LogP contribution in [0.2, 0.25) is 0 Å². The molecule has 2 unspecified atom stereocenters. The Labute approximate surface area is 159 Å². The quantitative estimate of drug-likeness (QED) is 0.606. The predicted octanol–water partition coefficient (Wildman–Crippen LogP) is 1.71. The molecule has 0 spiro atoms. The van der Waals surface area contributed by atoms with Crippen LogP contribution in [-0.4, -0.2) is 55.7 Å². The van der Waals surface area contributed by atoms with Crippen molar-refractivity contribution in [3.05, 3.63) is 22.4 Å². The molecule has 2 rings (SSSR count). The molecule has 7 nitrogen and oxygen atoms in total. The zero-order valence-electron chi connectivity index (χ0n) is 15.6. The lowest BCUT2D eigenvalue weighted by molar-refractivity contribution is -0.121. The van der Waals surface area contributed by atoms with E-state index in [-0.39, 0.29) is 18.4 Å². The first-order valence-corrected chi connectivity index (χ1v) is 10.0. The SMILES string of the molecule is CC(C)CC(CNC(=O)CC(NC(N)=O)c1cccs1)N1CCOCC1. The molecule has 0 bridgehead atoms. The fraction of sp³-hybridized carbons (Fsp3) is 0.667. The Bertz CT molecular complexity index is 559. The van der Waals surface area contributed by atoms with Gasteiger partial charge in [0, 0.05) is 30.6 Å². The van der Waals surface area contributed by atoms with Gasteiger partial charge in [-0.1, -0.05) is 19.9 Å². The maximum atomic E-state index is 12.5. The summed E-state index contributed by atoms with van der Waals surface area (Å²) in [7, 11) is 0. The van der Waals surface area contributed by atoms with E-state index in [1.165, 1.54) is 11.3 Å². The molecule has 26 heavy (non-hydrogen) atoms. The minimum Gasteiger partial charge on any atom is -0.379 e. The number of thiophene rings is 1. The van der Waals surface area contributed by atoms with Crippen molar-refractivity contribution in [3.8, 4) is 0 Å². The van der Waals surface area contributed by atoms with Crippen molar-refractivity contribution in [2.24, 2.45) is 11.7 Å². The summed E-state index contributed by atoms with van der Waals surface area (Å²) in [6.07, 6.45) is 1.20. The van der Waals surface area contributed by atoms with Crippen LogP contribution in [0.25, 0.3) is 0 Å². The third kappa shape index (κ3) is 6.93. The molecule has 0 aromatic carbocycles. The molecule has 146 valence electrons. The van der Waals surface area contributed by atoms with E-state index >= 15 is 0 Å². The average Bonchev–Trinajstić information content (AvgIpc) is 3.12. The van der Waals surface area contributed by atoms with Gasteiger partial charge in [0.1, 0.15) is 0 Å². The molecule has 1 aromatic heterocycles. The first-order chi connectivity index (χ1) is 12.5. The van der Waals surface area contributed by atoms with Crippen molar-refractivity contribution >= 4 is 23.3 Å². The van der Waals surface area contributed by atoms with Crippen LogP contribution in [0, 0.1) is 5.92 Å². The van der Waals surface area contributed by atoms with Crippen LogP contribution in [0.3, 0.4) is 0 Å². The highest BCUT2D eigenvalue weighted by Crippen LogP contribution is 2.22. The van der Waals surface area contributed by atoms with E-state index in [4.69, 9.17) is 10.5 Å². The summed E-state index contributed by atoms with van der Waals surface area (Å²) in [5.41, 5.74) is 5.25. The Balaban J connectivity index is 1.89. The standard InChI is InChI=1S/C18H30N4O3S/c1-13(2)10-14(22-5-7-25-8-6-22)12-20-17(23)11-15(21-18(19)24)16-4-3-9-26-16/h3-4,9,13-15H,5-8,10-12H2,1-2H3,(H,20,23)(H3,19,21,24). The second-order valence-corrected chi connectivity index (χ2v) is 8.00. The second kappa shape index (κ2) is 10.5. The zero-order chi connectivity index (χ0) is 18.9. The van der Waals surface area contributed by atoms with Crippen molar-refractivity contribution in [1.82, 2.24) is 15.5 Å². The van der Waals surface area contributed by atoms with Gasteiger partial charge in [-0.05, 0) is 23.8 Å². The maximum Gasteiger partial charge on any atom is 0.312 e. The number of carbonyl (C=O) groups is 2. The van der Waals surface area contributed by atoms with E-state index in [1.54, 1.807) is 0 Å². The fourth-order valence-electron chi connectivity index (χ4n) is 3.22. The fourth-order valence-corrected chi connectivity index (χ4v) is 4.00. The molecule has 2 atom stereocenters. The number of primary amides is 1. The molecule has 2 heterocycles. The van der Waals surface area contributed by atoms with Crippen molar-refractivity contribution in [3.63, 3.8) is 0 Å². The van der Waals surface area contributed by atoms with Crippen molar-refractivity contribution in [2.45, 2.75) is 38.8 Å². The Morgan fingerprint density at radius 1 is 1.35 bits per heavy atom. The van der Waals surface area contributed by atoms with E-state index in [0.717, 1.165) is 37.6 Å². The van der Waals surface area contributed by atoms with E-state index < -0.39 is 6.03 Å². The summed E-state index contributed by atoms with van der Waals surface area (Å²) >= 11 is 1.50. The van der Waals surface area contributed by atoms with Gasteiger partial charge < -0.3 is 21.1 Å². The number of nitrogens with zero attached hydrogens (tertiary/aromatic N) is 1. The van der Waals surface area contributed by atoms with Gasteiger partial charge in [-0.2, -0.15) is 0 Å². The van der Waals surface area contributed by atoms with Crippen molar-refractivity contribution < 1.29 is 14.3 Å². The molecular formula is C18H30N4O3S. The number of hydrogen-bond donors (Lipinski definition) is 3. The van der Waals surface area contributed by atoms with Gasteiger partial charge in [-0.3, -0.25) is 9.69 Å². The molecule has 1 aliphatic heterocycles. The lowest BCUT2D eigenvalue weighted by atomic mass is 10.0. The van der Waals surface area contributed by atoms with Crippen molar-refractivity contribution in [2.75, 3.05) is 32.8 Å². The molecule has 1 saturated heterocycles. The summed E-state index contributed by atoms with van der Waals surface area (Å²) in [4.78, 5) is 27.0. The van der Waals surface area contributed by atoms with E-state index in [9.17, 15) is 9.59 Å². The number of amides is 3. The van der Waals surface area contributed by atoms with Crippen LogP contribution in [-0.2, 0) is 9.53 Å². The average molecular weight is 383 g/mol. The lowest BCUT2D eigenvalue weighted by Crippen LogP contribution is -2.49. The van der Waals surface area contributed by atoms with Gasteiger partial charge in [0.05, 0.1) is 25.7 Å². The minimum atomic E-state index is -0.623. The number of nitrogens with two attached hydrogens (primary N) is 1. The van der Waals surface area contributed by atoms with Gasteiger partial charge in [0.2, 0.25) is 5.91 Å². The molecule has 0 radical (unpaired) electrons. The van der Waals surface area contributed by atoms with E-state index in [0.29, 0.717) is 18.5 Å². The topological polar surface area (TPSA) is 96.7 Å². The Morgan fingerprint density at radius 2 is 2.08 bits per heavy atom. The summed E-state index contributed by atoms with van der Waals surface area (Å²) in [6.45, 7) is 8.27. The number of urea groups is 1. The third-order valence-corrected chi connectivity index (χ3v) is 5.42. The Kier molecular flexibility index (Phi) is 8.34. The molecule has 1 aliphatic rings. The second-order valence-electron chi connectivity index (χ2n) is 7.02. The number of morpholine rings is 1. The zero-order valence-corrected chi connectivity index (χ0v) is 16.4. The molecule has 0 aliphatic carbocycles. The molecule has 0 saturated carbocycles. The maximum absolute atomic E-state index is 12.5. The van der Waals surface area contributed by atoms with Crippen LogP contribution in [0.5, 0.6) is 0 Å². The third-order valence-electron chi connectivity index (χ3n) is 4.43. The van der Waals surface area contributed by atoms with Crippen LogP contribution in [0.4, 0.5) is 4.79 Å². The lowest BCUT2D eigenvalue weighted by Gasteiger charge is -2.35. The van der Waals surface area contributed by atoms with Crippen LogP contribution < -0.4 is 16.4 Å². The number of carbonyl (C=O) groups excluding carboxylic acids is 2. The first-order valence-electron chi connectivity index (χ1n) is 9.13. The molecule has 3 amide bonds. The largest absolute Gasteiger partial charge is 0.379 e. The first kappa shape index (κ1) is 20.7. The smallest absolute Gasteiger partial charge is 0.312 e. The Hall–Kier alpha value is -1.64. The molecule has 4 N–H and O–H groups in total. The molecule has 8 heteroatoms. The molecule has 1 aromatic rings. The highest BCUT2D eigenvalue weighted by Gasteiger charge is 2.24. The highest BCUT2D eigenvalue weighted by atomic mass is 32.1. The van der Waals surface area contributed by atoms with Gasteiger partial charge >= 0.3 is 6.03 Å². The number of hydrogen-bond acceptors (Lipinski definition) is 5. The highest BCUT2D eigenvalue weighted by molar-refractivity contribution is 7.10. The van der Waals surface area contributed by atoms with Crippen LogP contribution >= 0.6 is 11.3 Å². The summed E-state index contributed by atoms with van der Waals surface area (Å²) in [6, 6.07) is 3.08. The predicted molar refractivity (Wildman–Crippen MR) is 103 cm³/mol. The number of rotatable bonds is 9. The minimum absolute atomic E-state index is 0.0841. The van der Waals surface area contributed by atoms with Crippen LogP contribution in [0.15, 0.2) is 17.5 Å². The summed E-state index contributed by atoms with van der Waals surface area (Å²) in [5, 5.41) is 7.62. The molecular weight excluding hydrogens is 352 g/mol. The monoisotopic (exact) mass is 382 g/mol. The van der Waals surface area contributed by atoms with Gasteiger partial charge in [-0.25, -0.2) is 4.79 Å². The van der Waals surface area contributed by atoms with E-state index in [1.807, 2.05) is 17.5 Å². The van der Waals surface area contributed by atoms with Crippen molar-refractivity contribution in [1.29, 1.82) is 0 Å². The number of ether oxygens (including phenoxy) is 1. The normalized spacial score (nSPS) is 17.7. The molecule has 1 fully saturated rings. The van der Waals surface area contributed by atoms with Crippen LogP contribution in [0.1, 0.15) is 37.6 Å². The Morgan fingerprint density at radius 3 is 2.65 bits per heavy atom. The van der Waals surface area contributed by atoms with Gasteiger partial charge in [0.15, 0.2) is 0 Å². The van der Waals surface area contributed by atoms with Gasteiger partial charge in [0.25, 0.3) is 0 Å². The van der Waals surface area contributed by atoms with E-state index in [2.05, 4.69) is 29.4 Å². The number of nitrogens with one attached hydrogen (secondary N) is 2. The summed E-state index contributed by atoms with van der Waals surface area (Å²) < 4.78 is 5.43. The summed E-state index contributed by atoms with van der Waals surface area (Å²) in [5.74, 6) is 0.467. The van der Waals surface area contributed by atoms with Gasteiger partial charge in [-0.15, -0.1) is 11.3 Å².